The van der Waals surface area contributed by atoms with Gasteiger partial charge in [-0.3, -0.25) is 4.79 Å². The van der Waals surface area contributed by atoms with Crippen molar-refractivity contribution in [3.05, 3.63) is 41.8 Å². The van der Waals surface area contributed by atoms with Gasteiger partial charge in [-0.2, -0.15) is 4.98 Å². The van der Waals surface area contributed by atoms with Crippen LogP contribution in [0.2, 0.25) is 0 Å². The minimum Gasteiger partial charge on any atom is -0.339 e. The topological polar surface area (TPSA) is 56.0 Å². The first-order valence-electron chi connectivity index (χ1n) is 6.46. The van der Waals surface area contributed by atoms with Crippen molar-refractivity contribution in [3.63, 3.8) is 0 Å². The highest BCUT2D eigenvalue weighted by atomic mass is 32.2. The van der Waals surface area contributed by atoms with Crippen LogP contribution in [0.3, 0.4) is 0 Å². The largest absolute Gasteiger partial charge is 0.339 e. The lowest BCUT2D eigenvalue weighted by atomic mass is 10.1. The lowest BCUT2D eigenvalue weighted by Crippen LogP contribution is -2.04. The van der Waals surface area contributed by atoms with Gasteiger partial charge in [0.15, 0.2) is 5.82 Å². The van der Waals surface area contributed by atoms with E-state index >= 15 is 0 Å². The third-order valence-corrected chi connectivity index (χ3v) is 4.28. The van der Waals surface area contributed by atoms with Gasteiger partial charge >= 0.3 is 0 Å². The predicted molar refractivity (Wildman–Crippen MR) is 71.9 cm³/mol. The summed E-state index contributed by atoms with van der Waals surface area (Å²) in [7, 11) is 0. The van der Waals surface area contributed by atoms with E-state index < -0.39 is 0 Å². The molecule has 1 aliphatic carbocycles. The molecule has 1 unspecified atom stereocenters. The molecule has 3 rings (SSSR count). The van der Waals surface area contributed by atoms with Gasteiger partial charge in [-0.05, 0) is 37.1 Å². The second-order valence-corrected chi connectivity index (χ2v) is 5.75. The molecule has 6 heteroatoms. The summed E-state index contributed by atoms with van der Waals surface area (Å²) in [6, 6.07) is 6.26. The first-order valence-corrected chi connectivity index (χ1v) is 7.44. The molecule has 20 heavy (non-hydrogen) atoms. The van der Waals surface area contributed by atoms with Gasteiger partial charge < -0.3 is 4.52 Å². The lowest BCUT2D eigenvalue weighted by Gasteiger charge is -1.99. The second-order valence-electron chi connectivity index (χ2n) is 4.70. The van der Waals surface area contributed by atoms with Gasteiger partial charge in [0.1, 0.15) is 11.6 Å². The van der Waals surface area contributed by atoms with Crippen LogP contribution in [-0.2, 0) is 10.5 Å². The summed E-state index contributed by atoms with van der Waals surface area (Å²) in [6.45, 7) is 0. The Morgan fingerprint density at radius 1 is 1.35 bits per heavy atom. The lowest BCUT2D eigenvalue weighted by molar-refractivity contribution is -0.119. The molecule has 1 aliphatic rings. The van der Waals surface area contributed by atoms with Gasteiger partial charge in [0.2, 0.25) is 5.89 Å². The number of benzene rings is 1. The summed E-state index contributed by atoms with van der Waals surface area (Å²) in [5, 5.41) is 3.89. The molecule has 0 N–H and O–H groups in total. The molecule has 0 saturated heterocycles. The summed E-state index contributed by atoms with van der Waals surface area (Å²) in [6.07, 6.45) is 2.30. The van der Waals surface area contributed by atoms with Crippen LogP contribution in [-0.4, -0.2) is 15.9 Å². The highest BCUT2D eigenvalue weighted by Gasteiger charge is 2.30. The zero-order valence-electron chi connectivity index (χ0n) is 10.7. The maximum absolute atomic E-state index is 12.8. The monoisotopic (exact) mass is 292 g/mol. The fourth-order valence-corrected chi connectivity index (χ4v) is 2.96. The molecule has 1 aromatic carbocycles. The third-order valence-electron chi connectivity index (χ3n) is 3.27. The van der Waals surface area contributed by atoms with Crippen molar-refractivity contribution in [3.8, 4) is 0 Å². The number of ketones is 1. The standard InChI is InChI=1S/C14H13FN2O2S/c15-9-4-6-10(7-5-9)20-8-13-16-14(19-17-13)11-2-1-3-12(11)18/h4-7,11H,1-3,8H2. The van der Waals surface area contributed by atoms with Crippen LogP contribution in [0.15, 0.2) is 33.7 Å². The van der Waals surface area contributed by atoms with Crippen molar-refractivity contribution in [1.82, 2.24) is 10.1 Å². The van der Waals surface area contributed by atoms with E-state index in [0.29, 0.717) is 23.9 Å². The summed E-state index contributed by atoms with van der Waals surface area (Å²) in [4.78, 5) is 16.8. The number of nitrogens with zero attached hydrogens (tertiary/aromatic N) is 2. The van der Waals surface area contributed by atoms with E-state index in [4.69, 9.17) is 4.52 Å². The number of carbonyl (C=O) groups is 1. The average molecular weight is 292 g/mol. The van der Waals surface area contributed by atoms with Crippen molar-refractivity contribution in [2.75, 3.05) is 0 Å². The highest BCUT2D eigenvalue weighted by Crippen LogP contribution is 2.30. The Hall–Kier alpha value is -1.69. The minimum absolute atomic E-state index is 0.186. The van der Waals surface area contributed by atoms with Crippen molar-refractivity contribution in [1.29, 1.82) is 0 Å². The van der Waals surface area contributed by atoms with Gasteiger partial charge in [-0.15, -0.1) is 11.8 Å². The smallest absolute Gasteiger partial charge is 0.237 e. The van der Waals surface area contributed by atoms with E-state index in [-0.39, 0.29) is 17.5 Å². The zero-order chi connectivity index (χ0) is 13.9. The number of Topliss-reactive ketones (excluding diaryl/α,β-unsaturated/α-hetero) is 1. The van der Waals surface area contributed by atoms with E-state index in [1.807, 2.05) is 0 Å². The molecule has 1 saturated carbocycles. The zero-order valence-corrected chi connectivity index (χ0v) is 11.5. The molecule has 1 fully saturated rings. The van der Waals surface area contributed by atoms with Gasteiger partial charge in [0.25, 0.3) is 0 Å². The SMILES string of the molecule is O=C1CCCC1c1nc(CSc2ccc(F)cc2)no1. The number of hydrogen-bond acceptors (Lipinski definition) is 5. The van der Waals surface area contributed by atoms with Crippen LogP contribution < -0.4 is 0 Å². The quantitative estimate of drug-likeness (QED) is 0.809. The Labute approximate surface area is 119 Å². The normalized spacial score (nSPS) is 18.6. The van der Waals surface area contributed by atoms with Gasteiger partial charge in [0.05, 0.1) is 11.7 Å². The fraction of sp³-hybridized carbons (Fsp3) is 0.357. The Kier molecular flexibility index (Phi) is 3.82. The van der Waals surface area contributed by atoms with Crippen LogP contribution >= 0.6 is 11.8 Å². The Morgan fingerprint density at radius 2 is 2.15 bits per heavy atom. The average Bonchev–Trinajstić information content (AvgIpc) is 3.06. The van der Waals surface area contributed by atoms with Crippen LogP contribution in [0.4, 0.5) is 4.39 Å². The number of thioether (sulfide) groups is 1. The molecule has 0 amide bonds. The molecule has 1 heterocycles. The summed E-state index contributed by atoms with van der Waals surface area (Å²) >= 11 is 1.50. The van der Waals surface area contributed by atoms with Gasteiger partial charge in [-0.25, -0.2) is 4.39 Å². The highest BCUT2D eigenvalue weighted by molar-refractivity contribution is 7.98. The van der Waals surface area contributed by atoms with Crippen LogP contribution in [0.1, 0.15) is 36.9 Å². The summed E-state index contributed by atoms with van der Waals surface area (Å²) < 4.78 is 18.0. The Bertz CT molecular complexity index is 612. The van der Waals surface area contributed by atoms with Crippen molar-refractivity contribution < 1.29 is 13.7 Å². The summed E-state index contributed by atoms with van der Waals surface area (Å²) in [5.74, 6) is 1.25. The van der Waals surface area contributed by atoms with Crippen LogP contribution in [0.5, 0.6) is 0 Å². The number of halogens is 1. The van der Waals surface area contributed by atoms with Crippen molar-refractivity contribution in [2.24, 2.45) is 0 Å². The minimum atomic E-state index is -0.254. The molecular formula is C14H13FN2O2S. The molecule has 104 valence electrons. The second kappa shape index (κ2) is 5.75. The Morgan fingerprint density at radius 3 is 2.85 bits per heavy atom. The number of hydrogen-bond donors (Lipinski definition) is 0. The molecule has 0 bridgehead atoms. The fourth-order valence-electron chi connectivity index (χ4n) is 2.22. The van der Waals surface area contributed by atoms with Gasteiger partial charge in [-0.1, -0.05) is 5.16 Å². The molecule has 2 aromatic rings. The molecule has 1 aromatic heterocycles. The van der Waals surface area contributed by atoms with Crippen molar-refractivity contribution in [2.45, 2.75) is 35.8 Å². The van der Waals surface area contributed by atoms with Crippen LogP contribution in [0.25, 0.3) is 0 Å². The molecule has 0 spiro atoms. The molecular weight excluding hydrogens is 279 g/mol. The summed E-state index contributed by atoms with van der Waals surface area (Å²) in [5.41, 5.74) is 0. The maximum Gasteiger partial charge on any atom is 0.237 e. The van der Waals surface area contributed by atoms with Crippen molar-refractivity contribution >= 4 is 17.5 Å². The van der Waals surface area contributed by atoms with E-state index in [1.54, 1.807) is 12.1 Å². The Balaban J connectivity index is 1.62. The number of aromatic nitrogens is 2. The van der Waals surface area contributed by atoms with E-state index in [9.17, 15) is 9.18 Å². The first-order chi connectivity index (χ1) is 9.72. The molecule has 1 atom stereocenters. The predicted octanol–water partition coefficient (Wildman–Crippen LogP) is 3.34. The maximum atomic E-state index is 12.8. The first kappa shape index (κ1) is 13.3. The van der Waals surface area contributed by atoms with Crippen LogP contribution in [0, 0.1) is 5.82 Å². The molecule has 0 aliphatic heterocycles. The van der Waals surface area contributed by atoms with E-state index in [1.165, 1.54) is 23.9 Å². The van der Waals surface area contributed by atoms with Gasteiger partial charge in [0, 0.05) is 11.3 Å². The molecule has 4 nitrogen and oxygen atoms in total. The number of rotatable bonds is 4. The molecule has 0 radical (unpaired) electrons. The van der Waals surface area contributed by atoms with E-state index in [0.717, 1.165) is 17.7 Å². The third kappa shape index (κ3) is 2.90. The van der Waals surface area contributed by atoms with E-state index in [2.05, 4.69) is 10.1 Å². The number of carbonyl (C=O) groups excluding carboxylic acids is 1.